The molecule has 0 aromatic heterocycles. The van der Waals surface area contributed by atoms with Crippen LogP contribution in [0.3, 0.4) is 0 Å². The highest BCUT2D eigenvalue weighted by Gasteiger charge is 2.44. The summed E-state index contributed by atoms with van der Waals surface area (Å²) in [5, 5.41) is 13.2. The Morgan fingerprint density at radius 3 is 2.63 bits per heavy atom. The first-order chi connectivity index (χ1) is 14.6. The van der Waals surface area contributed by atoms with E-state index in [1.54, 1.807) is 6.07 Å². The van der Waals surface area contributed by atoms with E-state index in [1.807, 2.05) is 18.2 Å². The Kier molecular flexibility index (Phi) is 3.87. The van der Waals surface area contributed by atoms with Gasteiger partial charge in [-0.05, 0) is 64.9 Å². The first kappa shape index (κ1) is 17.8. The number of nitrogens with one attached hydrogen (secondary N) is 1. The number of aromatic carboxylic acids is 1. The van der Waals surface area contributed by atoms with Crippen molar-refractivity contribution in [2.24, 2.45) is 5.92 Å². The van der Waals surface area contributed by atoms with Gasteiger partial charge in [0.1, 0.15) is 0 Å². The summed E-state index contributed by atoms with van der Waals surface area (Å²) < 4.78 is 12.1. The number of hydrogen-bond donors (Lipinski definition) is 2. The third-order valence-corrected chi connectivity index (χ3v) is 7.16. The topological polar surface area (TPSA) is 67.8 Å². The maximum atomic E-state index is 11.6. The molecular formula is C24H18BrNO4. The van der Waals surface area contributed by atoms with E-state index in [2.05, 4.69) is 51.6 Å². The molecule has 3 aliphatic rings. The average molecular weight is 464 g/mol. The summed E-state index contributed by atoms with van der Waals surface area (Å²) in [5.74, 6) is 1.00. The summed E-state index contributed by atoms with van der Waals surface area (Å²) in [6.45, 7) is 0.238. The maximum absolute atomic E-state index is 11.6. The van der Waals surface area contributed by atoms with Crippen LogP contribution in [0.5, 0.6) is 11.5 Å². The van der Waals surface area contributed by atoms with Crippen LogP contribution < -0.4 is 14.8 Å². The molecule has 0 amide bonds. The number of ether oxygens (including phenoxy) is 2. The lowest BCUT2D eigenvalue weighted by Gasteiger charge is -2.38. The van der Waals surface area contributed by atoms with Gasteiger partial charge in [0.05, 0.1) is 11.6 Å². The quantitative estimate of drug-likeness (QED) is 0.536. The van der Waals surface area contributed by atoms with Crippen LogP contribution in [-0.2, 0) is 6.42 Å². The standard InChI is InChI=1S/C24H18BrNO4/c25-18-10-21-20(29-11-30-21)9-15(18)23-17-7-12-3-1-2-4-14(12)22(17)16-8-13(24(27)28)5-6-19(16)26-23/h1-6,8-10,17,22-23,26H,7,11H2,(H,27,28)/t17-,22+,23+/m1/s1. The minimum Gasteiger partial charge on any atom is -0.478 e. The fourth-order valence-electron chi connectivity index (χ4n) is 5.17. The zero-order valence-electron chi connectivity index (χ0n) is 15.9. The van der Waals surface area contributed by atoms with E-state index in [4.69, 9.17) is 9.47 Å². The normalized spacial score (nSPS) is 22.6. The van der Waals surface area contributed by atoms with Crippen molar-refractivity contribution < 1.29 is 19.4 Å². The van der Waals surface area contributed by atoms with Crippen LogP contribution in [0.2, 0.25) is 0 Å². The molecule has 6 rings (SSSR count). The van der Waals surface area contributed by atoms with Crippen LogP contribution in [0, 0.1) is 5.92 Å². The number of halogens is 1. The number of anilines is 1. The fourth-order valence-corrected chi connectivity index (χ4v) is 5.74. The van der Waals surface area contributed by atoms with Crippen molar-refractivity contribution in [3.8, 4) is 11.5 Å². The van der Waals surface area contributed by atoms with Gasteiger partial charge in [0.25, 0.3) is 0 Å². The maximum Gasteiger partial charge on any atom is 0.335 e. The lowest BCUT2D eigenvalue weighted by atomic mass is 9.75. The van der Waals surface area contributed by atoms with Gasteiger partial charge >= 0.3 is 5.97 Å². The zero-order valence-corrected chi connectivity index (χ0v) is 17.5. The van der Waals surface area contributed by atoms with Crippen LogP contribution in [-0.4, -0.2) is 17.9 Å². The molecule has 0 saturated carbocycles. The SMILES string of the molecule is O=C(O)c1ccc2c(c1)[C@@H]1c3ccccc3C[C@H]1[C@H](c1cc3c(cc1Br)OCO3)N2. The summed E-state index contributed by atoms with van der Waals surface area (Å²) >= 11 is 3.73. The number of carboxylic acid groups (broad SMARTS) is 1. The van der Waals surface area contributed by atoms with Crippen molar-refractivity contribution >= 4 is 27.6 Å². The van der Waals surface area contributed by atoms with E-state index in [-0.39, 0.29) is 24.7 Å². The molecule has 3 aromatic rings. The first-order valence-electron chi connectivity index (χ1n) is 9.91. The molecule has 3 aromatic carbocycles. The van der Waals surface area contributed by atoms with Gasteiger partial charge in [-0.25, -0.2) is 4.79 Å². The van der Waals surface area contributed by atoms with Crippen LogP contribution >= 0.6 is 15.9 Å². The Hall–Kier alpha value is -2.99. The van der Waals surface area contributed by atoms with E-state index >= 15 is 0 Å². The Labute approximate surface area is 181 Å². The van der Waals surface area contributed by atoms with E-state index in [1.165, 1.54) is 11.1 Å². The van der Waals surface area contributed by atoms with Gasteiger partial charge in [-0.2, -0.15) is 0 Å². The molecule has 2 N–H and O–H groups in total. The Morgan fingerprint density at radius 2 is 1.80 bits per heavy atom. The molecule has 0 bridgehead atoms. The molecule has 6 heteroatoms. The summed E-state index contributed by atoms with van der Waals surface area (Å²) in [5.41, 5.74) is 6.08. The molecule has 3 atom stereocenters. The lowest BCUT2D eigenvalue weighted by Crippen LogP contribution is -2.30. The minimum absolute atomic E-state index is 0.0504. The molecule has 30 heavy (non-hydrogen) atoms. The number of rotatable bonds is 2. The number of carbonyl (C=O) groups is 1. The van der Waals surface area contributed by atoms with Gasteiger partial charge in [-0.15, -0.1) is 0 Å². The predicted octanol–water partition coefficient (Wildman–Crippen LogP) is 5.35. The summed E-state index contributed by atoms with van der Waals surface area (Å²) in [4.78, 5) is 11.6. The Bertz CT molecular complexity index is 1210. The van der Waals surface area contributed by atoms with Crippen molar-refractivity contribution in [3.05, 3.63) is 86.9 Å². The number of benzene rings is 3. The van der Waals surface area contributed by atoms with E-state index in [0.717, 1.165) is 39.2 Å². The molecule has 0 spiro atoms. The highest BCUT2D eigenvalue weighted by atomic mass is 79.9. The molecule has 0 saturated heterocycles. The summed E-state index contributed by atoms with van der Waals surface area (Å²) in [7, 11) is 0. The van der Waals surface area contributed by atoms with Gasteiger partial charge in [-0.3, -0.25) is 0 Å². The number of hydrogen-bond acceptors (Lipinski definition) is 4. The molecule has 1 aliphatic carbocycles. The lowest BCUT2D eigenvalue weighted by molar-refractivity contribution is 0.0696. The average Bonchev–Trinajstić information content (AvgIpc) is 3.36. The minimum atomic E-state index is -0.902. The third-order valence-electron chi connectivity index (χ3n) is 6.47. The molecule has 2 aliphatic heterocycles. The molecule has 150 valence electrons. The van der Waals surface area contributed by atoms with Crippen LogP contribution in [0.4, 0.5) is 5.69 Å². The van der Waals surface area contributed by atoms with Crippen molar-refractivity contribution in [2.45, 2.75) is 18.4 Å². The van der Waals surface area contributed by atoms with Gasteiger partial charge in [0, 0.05) is 16.1 Å². The van der Waals surface area contributed by atoms with Gasteiger partial charge in [0.2, 0.25) is 6.79 Å². The van der Waals surface area contributed by atoms with Crippen molar-refractivity contribution in [1.82, 2.24) is 0 Å². The van der Waals surface area contributed by atoms with Crippen molar-refractivity contribution in [1.29, 1.82) is 0 Å². The number of fused-ring (bicyclic) bond motifs is 6. The predicted molar refractivity (Wildman–Crippen MR) is 116 cm³/mol. The first-order valence-corrected chi connectivity index (χ1v) is 10.7. The highest BCUT2D eigenvalue weighted by Crippen LogP contribution is 2.55. The molecular weight excluding hydrogens is 446 g/mol. The van der Waals surface area contributed by atoms with E-state index in [0.29, 0.717) is 5.56 Å². The Balaban J connectivity index is 1.53. The zero-order chi connectivity index (χ0) is 20.4. The third kappa shape index (κ3) is 2.56. The highest BCUT2D eigenvalue weighted by molar-refractivity contribution is 9.10. The van der Waals surface area contributed by atoms with Gasteiger partial charge in [-0.1, -0.05) is 40.2 Å². The number of carboxylic acids is 1. The largest absolute Gasteiger partial charge is 0.478 e. The van der Waals surface area contributed by atoms with Gasteiger partial charge < -0.3 is 19.9 Å². The molecule has 5 nitrogen and oxygen atoms in total. The fraction of sp³-hybridized carbons (Fsp3) is 0.208. The smallest absolute Gasteiger partial charge is 0.335 e. The second-order valence-electron chi connectivity index (χ2n) is 8.00. The molecule has 0 unspecified atom stereocenters. The second-order valence-corrected chi connectivity index (χ2v) is 8.85. The van der Waals surface area contributed by atoms with Crippen molar-refractivity contribution in [2.75, 3.05) is 12.1 Å². The monoisotopic (exact) mass is 463 g/mol. The van der Waals surface area contributed by atoms with Crippen LogP contribution in [0.1, 0.15) is 44.6 Å². The van der Waals surface area contributed by atoms with E-state index in [9.17, 15) is 9.90 Å². The van der Waals surface area contributed by atoms with Crippen LogP contribution in [0.15, 0.2) is 59.1 Å². The molecule has 0 radical (unpaired) electrons. The Morgan fingerprint density at radius 1 is 1.00 bits per heavy atom. The summed E-state index contributed by atoms with van der Waals surface area (Å²) in [6, 6.07) is 18.0. The van der Waals surface area contributed by atoms with Gasteiger partial charge in [0.15, 0.2) is 11.5 Å². The molecule has 0 fully saturated rings. The van der Waals surface area contributed by atoms with Crippen molar-refractivity contribution in [3.63, 3.8) is 0 Å². The molecule has 2 heterocycles. The van der Waals surface area contributed by atoms with E-state index < -0.39 is 5.97 Å². The summed E-state index contributed by atoms with van der Waals surface area (Å²) in [6.07, 6.45) is 0.927. The van der Waals surface area contributed by atoms with Crippen LogP contribution in [0.25, 0.3) is 0 Å². The second kappa shape index (κ2) is 6.51.